The third-order valence-electron chi connectivity index (χ3n) is 3.12. The predicted octanol–water partition coefficient (Wildman–Crippen LogP) is 4.05. The summed E-state index contributed by atoms with van der Waals surface area (Å²) < 4.78 is 0. The second-order valence-corrected chi connectivity index (χ2v) is 5.45. The molecule has 0 aromatic rings. The summed E-state index contributed by atoms with van der Waals surface area (Å²) in [5.41, 5.74) is 0. The van der Waals surface area contributed by atoms with Gasteiger partial charge in [0, 0.05) is 6.42 Å². The highest BCUT2D eigenvalue weighted by Crippen LogP contribution is 2.13. The zero-order valence-corrected chi connectivity index (χ0v) is 12.2. The van der Waals surface area contributed by atoms with E-state index in [4.69, 9.17) is 21.8 Å². The monoisotopic (exact) mass is 292 g/mol. The van der Waals surface area contributed by atoms with Crippen molar-refractivity contribution in [3.8, 4) is 0 Å². The van der Waals surface area contributed by atoms with Crippen LogP contribution in [0.15, 0.2) is 0 Å². The van der Waals surface area contributed by atoms with Crippen molar-refractivity contribution in [2.45, 2.75) is 76.0 Å². The van der Waals surface area contributed by atoms with Gasteiger partial charge in [0.05, 0.1) is 0 Å². The van der Waals surface area contributed by atoms with Crippen LogP contribution in [0.1, 0.15) is 70.6 Å². The molecule has 0 saturated carbocycles. The van der Waals surface area contributed by atoms with E-state index in [0.29, 0.717) is 6.42 Å². The van der Waals surface area contributed by atoms with E-state index in [2.05, 4.69) is 0 Å². The first-order valence-corrected chi connectivity index (χ1v) is 7.56. The van der Waals surface area contributed by atoms with Gasteiger partial charge in [-0.25, -0.2) is 0 Å². The molecular formula is C14H25ClO4. The van der Waals surface area contributed by atoms with Gasteiger partial charge in [-0.2, -0.15) is 0 Å². The third kappa shape index (κ3) is 13.5. The van der Waals surface area contributed by atoms with E-state index in [1.54, 1.807) is 0 Å². The number of halogens is 1. The van der Waals surface area contributed by atoms with Crippen molar-refractivity contribution in [3.05, 3.63) is 0 Å². The van der Waals surface area contributed by atoms with Crippen LogP contribution in [0.25, 0.3) is 0 Å². The van der Waals surface area contributed by atoms with Crippen molar-refractivity contribution < 1.29 is 19.8 Å². The SMILES string of the molecule is O=C(O)CCCCCCCCCCCC(Cl)C(=O)O. The van der Waals surface area contributed by atoms with Gasteiger partial charge in [0.15, 0.2) is 0 Å². The third-order valence-corrected chi connectivity index (χ3v) is 3.52. The summed E-state index contributed by atoms with van der Waals surface area (Å²) in [6.45, 7) is 0. The molecule has 0 aromatic heterocycles. The molecule has 1 atom stereocenters. The molecule has 4 nitrogen and oxygen atoms in total. The summed E-state index contributed by atoms with van der Waals surface area (Å²) in [4.78, 5) is 20.7. The van der Waals surface area contributed by atoms with Gasteiger partial charge in [0.1, 0.15) is 5.38 Å². The number of hydrogen-bond acceptors (Lipinski definition) is 2. The van der Waals surface area contributed by atoms with Crippen LogP contribution >= 0.6 is 11.6 Å². The number of hydrogen-bond donors (Lipinski definition) is 2. The lowest BCUT2D eigenvalue weighted by Gasteiger charge is -2.04. The smallest absolute Gasteiger partial charge is 0.321 e. The minimum Gasteiger partial charge on any atom is -0.481 e. The second kappa shape index (κ2) is 12.3. The van der Waals surface area contributed by atoms with Gasteiger partial charge >= 0.3 is 11.9 Å². The van der Waals surface area contributed by atoms with Gasteiger partial charge in [-0.15, -0.1) is 11.6 Å². The lowest BCUT2D eigenvalue weighted by molar-refractivity contribution is -0.138. The van der Waals surface area contributed by atoms with E-state index in [0.717, 1.165) is 44.9 Å². The molecule has 0 saturated heterocycles. The Balaban J connectivity index is 3.11. The first kappa shape index (κ1) is 18.2. The molecule has 0 amide bonds. The van der Waals surface area contributed by atoms with Crippen LogP contribution in [0.2, 0.25) is 0 Å². The summed E-state index contributed by atoms with van der Waals surface area (Å²) in [7, 11) is 0. The van der Waals surface area contributed by atoms with E-state index >= 15 is 0 Å². The molecule has 0 spiro atoms. The molecular weight excluding hydrogens is 268 g/mol. The van der Waals surface area contributed by atoms with Gasteiger partial charge in [0.2, 0.25) is 0 Å². The number of aliphatic carboxylic acids is 2. The standard InChI is InChI=1S/C14H25ClO4/c15-12(14(18)19)10-8-6-4-2-1-3-5-7-9-11-13(16)17/h12H,1-11H2,(H,16,17)(H,18,19). The number of carbonyl (C=O) groups is 2. The van der Waals surface area contributed by atoms with E-state index in [1.165, 1.54) is 12.8 Å². The van der Waals surface area contributed by atoms with Gasteiger partial charge in [-0.05, 0) is 12.8 Å². The Bertz CT molecular complexity index is 256. The summed E-state index contributed by atoms with van der Waals surface area (Å²) in [6.07, 6.45) is 10.3. The molecule has 0 heterocycles. The average molecular weight is 293 g/mol. The Morgan fingerprint density at radius 3 is 1.63 bits per heavy atom. The Morgan fingerprint density at radius 2 is 1.21 bits per heavy atom. The summed E-state index contributed by atoms with van der Waals surface area (Å²) in [5, 5.41) is 16.3. The van der Waals surface area contributed by atoms with E-state index in [1.807, 2.05) is 0 Å². The number of carboxylic acids is 2. The second-order valence-electron chi connectivity index (χ2n) is 4.92. The van der Waals surface area contributed by atoms with Crippen molar-refractivity contribution in [2.75, 3.05) is 0 Å². The summed E-state index contributed by atoms with van der Waals surface area (Å²) in [5.74, 6) is -1.64. The highest BCUT2D eigenvalue weighted by atomic mass is 35.5. The molecule has 112 valence electrons. The van der Waals surface area contributed by atoms with Crippen molar-refractivity contribution in [1.29, 1.82) is 0 Å². The topological polar surface area (TPSA) is 74.6 Å². The number of rotatable bonds is 13. The van der Waals surface area contributed by atoms with Gasteiger partial charge < -0.3 is 10.2 Å². The maximum absolute atomic E-state index is 10.5. The molecule has 0 aliphatic heterocycles. The fourth-order valence-electron chi connectivity index (χ4n) is 1.96. The van der Waals surface area contributed by atoms with Crippen LogP contribution in [-0.4, -0.2) is 27.5 Å². The Hall–Kier alpha value is -0.770. The van der Waals surface area contributed by atoms with Crippen LogP contribution in [0.4, 0.5) is 0 Å². The normalized spacial score (nSPS) is 12.3. The van der Waals surface area contributed by atoms with Crippen LogP contribution < -0.4 is 0 Å². The maximum atomic E-state index is 10.5. The fourth-order valence-corrected chi connectivity index (χ4v) is 2.11. The van der Waals surface area contributed by atoms with Gasteiger partial charge in [-0.1, -0.05) is 51.4 Å². The highest BCUT2D eigenvalue weighted by Gasteiger charge is 2.11. The Kier molecular flexibility index (Phi) is 11.8. The Morgan fingerprint density at radius 1 is 0.789 bits per heavy atom. The van der Waals surface area contributed by atoms with E-state index in [9.17, 15) is 9.59 Å². The number of unbranched alkanes of at least 4 members (excludes halogenated alkanes) is 8. The quantitative estimate of drug-likeness (QED) is 0.396. The minimum absolute atomic E-state index is 0.281. The zero-order chi connectivity index (χ0) is 14.5. The summed E-state index contributed by atoms with van der Waals surface area (Å²) >= 11 is 5.61. The molecule has 0 aliphatic carbocycles. The van der Waals surface area contributed by atoms with Crippen molar-refractivity contribution in [2.24, 2.45) is 0 Å². The lowest BCUT2D eigenvalue weighted by Crippen LogP contribution is -2.12. The fraction of sp³-hybridized carbons (Fsp3) is 0.857. The number of alkyl halides is 1. The zero-order valence-electron chi connectivity index (χ0n) is 11.4. The van der Waals surface area contributed by atoms with Crippen LogP contribution in [0.5, 0.6) is 0 Å². The van der Waals surface area contributed by atoms with E-state index < -0.39 is 17.3 Å². The molecule has 0 radical (unpaired) electrons. The van der Waals surface area contributed by atoms with E-state index in [-0.39, 0.29) is 6.42 Å². The lowest BCUT2D eigenvalue weighted by atomic mass is 10.1. The molecule has 0 rings (SSSR count). The van der Waals surface area contributed by atoms with Crippen molar-refractivity contribution in [1.82, 2.24) is 0 Å². The molecule has 1 unspecified atom stereocenters. The van der Waals surface area contributed by atoms with Crippen LogP contribution in [0.3, 0.4) is 0 Å². The molecule has 0 fully saturated rings. The first-order valence-electron chi connectivity index (χ1n) is 7.12. The molecule has 0 bridgehead atoms. The predicted molar refractivity (Wildman–Crippen MR) is 75.7 cm³/mol. The number of carboxylic acid groups (broad SMARTS) is 2. The minimum atomic E-state index is -0.928. The molecule has 0 aliphatic rings. The van der Waals surface area contributed by atoms with Crippen molar-refractivity contribution in [3.63, 3.8) is 0 Å². The van der Waals surface area contributed by atoms with Crippen LogP contribution in [0, 0.1) is 0 Å². The molecule has 2 N–H and O–H groups in total. The largest absolute Gasteiger partial charge is 0.481 e. The summed E-state index contributed by atoms with van der Waals surface area (Å²) in [6, 6.07) is 0. The van der Waals surface area contributed by atoms with Crippen LogP contribution in [-0.2, 0) is 9.59 Å². The van der Waals surface area contributed by atoms with Gasteiger partial charge in [0.25, 0.3) is 0 Å². The Labute approximate surface area is 120 Å². The molecule has 19 heavy (non-hydrogen) atoms. The molecule has 0 aromatic carbocycles. The van der Waals surface area contributed by atoms with Crippen molar-refractivity contribution >= 4 is 23.5 Å². The maximum Gasteiger partial charge on any atom is 0.321 e. The average Bonchev–Trinajstić information content (AvgIpc) is 2.35. The molecule has 5 heteroatoms. The highest BCUT2D eigenvalue weighted by molar-refractivity contribution is 6.29. The van der Waals surface area contributed by atoms with Gasteiger partial charge in [-0.3, -0.25) is 9.59 Å². The first-order chi connectivity index (χ1) is 9.04.